The van der Waals surface area contributed by atoms with Gasteiger partial charge >= 0.3 is 0 Å². The van der Waals surface area contributed by atoms with E-state index in [9.17, 15) is 0 Å². The minimum atomic E-state index is 0.0741. The highest BCUT2D eigenvalue weighted by molar-refractivity contribution is 5.29. The molecule has 0 aliphatic heterocycles. The molecule has 0 bridgehead atoms. The molecule has 0 radical (unpaired) electrons. The van der Waals surface area contributed by atoms with E-state index in [0.29, 0.717) is 0 Å². The zero-order valence-corrected chi connectivity index (χ0v) is 8.43. The van der Waals surface area contributed by atoms with Crippen LogP contribution in [0.4, 0.5) is 0 Å². The smallest absolute Gasteiger partial charge is 0.0685 e. The van der Waals surface area contributed by atoms with Crippen LogP contribution in [-0.4, -0.2) is 10.1 Å². The molecule has 2 heteroatoms. The second-order valence-electron chi connectivity index (χ2n) is 3.46. The third kappa shape index (κ3) is 2.42. The first-order valence-electron chi connectivity index (χ1n) is 4.96. The molecule has 1 N–H and O–H groups in total. The molecule has 0 spiro atoms. The topological polar surface area (TPSA) is 33.1 Å². The summed E-state index contributed by atoms with van der Waals surface area (Å²) >= 11 is 0. The van der Waals surface area contributed by atoms with Gasteiger partial charge in [0.15, 0.2) is 0 Å². The van der Waals surface area contributed by atoms with E-state index in [4.69, 9.17) is 5.11 Å². The van der Waals surface area contributed by atoms with E-state index in [1.807, 2.05) is 30.5 Å². The van der Waals surface area contributed by atoms with Crippen molar-refractivity contribution in [2.45, 2.75) is 13.0 Å². The Hall–Kier alpha value is -1.67. The molecule has 0 saturated carbocycles. The van der Waals surface area contributed by atoms with Crippen LogP contribution in [0.1, 0.15) is 16.7 Å². The maximum Gasteiger partial charge on any atom is 0.0685 e. The SMILES string of the molecule is OCc1ccncc1Cc1ccccc1. The Bertz CT molecular complexity index is 426. The van der Waals surface area contributed by atoms with Crippen LogP contribution in [-0.2, 0) is 13.0 Å². The van der Waals surface area contributed by atoms with Crippen molar-refractivity contribution >= 4 is 0 Å². The monoisotopic (exact) mass is 199 g/mol. The quantitative estimate of drug-likeness (QED) is 0.821. The third-order valence-electron chi connectivity index (χ3n) is 2.41. The molecule has 2 nitrogen and oxygen atoms in total. The fourth-order valence-electron chi connectivity index (χ4n) is 1.59. The molecular formula is C13H13NO. The minimum Gasteiger partial charge on any atom is -0.392 e. The van der Waals surface area contributed by atoms with Crippen molar-refractivity contribution in [3.05, 3.63) is 65.5 Å². The van der Waals surface area contributed by atoms with Crippen LogP contribution in [0.3, 0.4) is 0 Å². The van der Waals surface area contributed by atoms with Crippen molar-refractivity contribution in [3.63, 3.8) is 0 Å². The summed E-state index contributed by atoms with van der Waals surface area (Å²) in [6, 6.07) is 12.1. The fourth-order valence-corrected chi connectivity index (χ4v) is 1.59. The highest BCUT2D eigenvalue weighted by Gasteiger charge is 2.01. The lowest BCUT2D eigenvalue weighted by Gasteiger charge is -2.06. The highest BCUT2D eigenvalue weighted by Crippen LogP contribution is 2.12. The van der Waals surface area contributed by atoms with E-state index < -0.39 is 0 Å². The standard InChI is InChI=1S/C13H13NO/c15-10-12-6-7-14-9-13(12)8-11-4-2-1-3-5-11/h1-7,9,15H,8,10H2. The van der Waals surface area contributed by atoms with E-state index in [1.54, 1.807) is 6.20 Å². The normalized spacial score (nSPS) is 10.2. The Morgan fingerprint density at radius 1 is 1.00 bits per heavy atom. The maximum atomic E-state index is 9.17. The van der Waals surface area contributed by atoms with Crippen LogP contribution in [0.15, 0.2) is 48.8 Å². The molecule has 0 aliphatic carbocycles. The van der Waals surface area contributed by atoms with Crippen LogP contribution in [0.5, 0.6) is 0 Å². The summed E-state index contributed by atoms with van der Waals surface area (Å²) in [5, 5.41) is 9.17. The second kappa shape index (κ2) is 4.71. The lowest BCUT2D eigenvalue weighted by molar-refractivity contribution is 0.280. The molecule has 2 rings (SSSR count). The second-order valence-corrected chi connectivity index (χ2v) is 3.46. The van der Waals surface area contributed by atoms with Crippen molar-refractivity contribution in [1.29, 1.82) is 0 Å². The van der Waals surface area contributed by atoms with E-state index in [2.05, 4.69) is 17.1 Å². The average Bonchev–Trinajstić information content (AvgIpc) is 2.31. The van der Waals surface area contributed by atoms with Crippen molar-refractivity contribution < 1.29 is 5.11 Å². The van der Waals surface area contributed by atoms with Crippen molar-refractivity contribution in [3.8, 4) is 0 Å². The molecule has 76 valence electrons. The van der Waals surface area contributed by atoms with Gasteiger partial charge in [0.25, 0.3) is 0 Å². The summed E-state index contributed by atoms with van der Waals surface area (Å²) in [6.45, 7) is 0.0741. The number of aromatic nitrogens is 1. The van der Waals surface area contributed by atoms with Crippen molar-refractivity contribution in [2.24, 2.45) is 0 Å². The van der Waals surface area contributed by atoms with E-state index in [1.165, 1.54) is 5.56 Å². The first-order chi connectivity index (χ1) is 7.40. The molecule has 1 aromatic heterocycles. The molecule has 0 fully saturated rings. The van der Waals surface area contributed by atoms with Gasteiger partial charge in [0.1, 0.15) is 0 Å². The maximum absolute atomic E-state index is 9.17. The van der Waals surface area contributed by atoms with E-state index in [-0.39, 0.29) is 6.61 Å². The summed E-state index contributed by atoms with van der Waals surface area (Å²) < 4.78 is 0. The van der Waals surface area contributed by atoms with E-state index in [0.717, 1.165) is 17.5 Å². The summed E-state index contributed by atoms with van der Waals surface area (Å²) in [4.78, 5) is 4.08. The third-order valence-corrected chi connectivity index (χ3v) is 2.41. The summed E-state index contributed by atoms with van der Waals surface area (Å²) in [5.74, 6) is 0. The van der Waals surface area contributed by atoms with Gasteiger partial charge in [-0.05, 0) is 29.2 Å². The molecule has 0 saturated heterocycles. The zero-order chi connectivity index (χ0) is 10.5. The fraction of sp³-hybridized carbons (Fsp3) is 0.154. The van der Waals surface area contributed by atoms with Crippen LogP contribution < -0.4 is 0 Å². The number of benzene rings is 1. The molecular weight excluding hydrogens is 186 g/mol. The van der Waals surface area contributed by atoms with Crippen molar-refractivity contribution in [2.75, 3.05) is 0 Å². The number of pyridine rings is 1. The van der Waals surface area contributed by atoms with Gasteiger partial charge < -0.3 is 5.11 Å². The molecule has 2 aromatic rings. The zero-order valence-electron chi connectivity index (χ0n) is 8.43. The summed E-state index contributed by atoms with van der Waals surface area (Å²) in [6.07, 6.45) is 4.35. The van der Waals surface area contributed by atoms with Crippen LogP contribution in [0.2, 0.25) is 0 Å². The van der Waals surface area contributed by atoms with Crippen LogP contribution in [0.25, 0.3) is 0 Å². The first kappa shape index (κ1) is 9.87. The van der Waals surface area contributed by atoms with Gasteiger partial charge in [-0.1, -0.05) is 30.3 Å². The van der Waals surface area contributed by atoms with E-state index >= 15 is 0 Å². The lowest BCUT2D eigenvalue weighted by Crippen LogP contribution is -1.96. The Balaban J connectivity index is 2.24. The number of hydrogen-bond acceptors (Lipinski definition) is 2. The predicted octanol–water partition coefficient (Wildman–Crippen LogP) is 2.16. The Labute approximate surface area is 89.2 Å². The van der Waals surface area contributed by atoms with Crippen LogP contribution >= 0.6 is 0 Å². The molecule has 1 heterocycles. The average molecular weight is 199 g/mol. The van der Waals surface area contributed by atoms with Gasteiger partial charge in [-0.25, -0.2) is 0 Å². The molecule has 0 atom stereocenters. The van der Waals surface area contributed by atoms with Crippen molar-refractivity contribution in [1.82, 2.24) is 4.98 Å². The molecule has 1 aromatic carbocycles. The van der Waals surface area contributed by atoms with Gasteiger partial charge in [0.2, 0.25) is 0 Å². The Morgan fingerprint density at radius 3 is 2.53 bits per heavy atom. The summed E-state index contributed by atoms with van der Waals surface area (Å²) in [5.41, 5.74) is 3.28. The van der Waals surface area contributed by atoms with Gasteiger partial charge in [0, 0.05) is 12.4 Å². The molecule has 15 heavy (non-hydrogen) atoms. The molecule has 0 aliphatic rings. The van der Waals surface area contributed by atoms with Gasteiger partial charge in [-0.3, -0.25) is 4.98 Å². The Morgan fingerprint density at radius 2 is 1.80 bits per heavy atom. The van der Waals surface area contributed by atoms with Gasteiger partial charge in [0.05, 0.1) is 6.61 Å². The number of nitrogens with zero attached hydrogens (tertiary/aromatic N) is 1. The first-order valence-corrected chi connectivity index (χ1v) is 4.96. The number of aliphatic hydroxyl groups excluding tert-OH is 1. The van der Waals surface area contributed by atoms with Crippen LogP contribution in [0, 0.1) is 0 Å². The Kier molecular flexibility index (Phi) is 3.10. The lowest BCUT2D eigenvalue weighted by atomic mass is 10.0. The largest absolute Gasteiger partial charge is 0.392 e. The molecule has 0 amide bonds. The number of rotatable bonds is 3. The van der Waals surface area contributed by atoms with Gasteiger partial charge in [-0.2, -0.15) is 0 Å². The minimum absolute atomic E-state index is 0.0741. The highest BCUT2D eigenvalue weighted by atomic mass is 16.3. The number of aliphatic hydroxyl groups is 1. The summed E-state index contributed by atoms with van der Waals surface area (Å²) in [7, 11) is 0. The van der Waals surface area contributed by atoms with Gasteiger partial charge in [-0.15, -0.1) is 0 Å². The number of hydrogen-bond donors (Lipinski definition) is 1. The molecule has 0 unspecified atom stereocenters. The predicted molar refractivity (Wildman–Crippen MR) is 59.4 cm³/mol.